The molecule has 0 N–H and O–H groups in total. The minimum atomic E-state index is -4.58. The SMILES string of the molecule is C=CCCCCCCCCCCCCC=COS(=O)(=O)[O-].[Na+]. The Labute approximate surface area is 158 Å². The number of allylic oxidation sites excluding steroid dienone is 2. The third-order valence-electron chi connectivity index (χ3n) is 3.30. The van der Waals surface area contributed by atoms with Crippen LogP contribution < -0.4 is 29.6 Å². The third kappa shape index (κ3) is 22.5. The zero-order valence-corrected chi connectivity index (χ0v) is 16.8. The van der Waals surface area contributed by atoms with E-state index in [0.29, 0.717) is 0 Å². The molecule has 0 atom stereocenters. The van der Waals surface area contributed by atoms with E-state index >= 15 is 0 Å². The van der Waals surface area contributed by atoms with Crippen LogP contribution in [0.2, 0.25) is 0 Å². The molecule has 124 valence electrons. The van der Waals surface area contributed by atoms with Gasteiger partial charge in [-0.2, -0.15) is 0 Å². The summed E-state index contributed by atoms with van der Waals surface area (Å²) in [4.78, 5) is 0. The molecule has 0 aliphatic carbocycles. The molecule has 0 aromatic rings. The van der Waals surface area contributed by atoms with Crippen molar-refractivity contribution in [3.8, 4) is 0 Å². The van der Waals surface area contributed by atoms with Gasteiger partial charge in [0.05, 0.1) is 0 Å². The van der Waals surface area contributed by atoms with E-state index in [-0.39, 0.29) is 29.6 Å². The second-order valence-corrected chi connectivity index (χ2v) is 6.29. The van der Waals surface area contributed by atoms with Gasteiger partial charge in [0.2, 0.25) is 0 Å². The topological polar surface area (TPSA) is 66.4 Å². The Kier molecular flexibility index (Phi) is 19.5. The van der Waals surface area contributed by atoms with Gasteiger partial charge in [0, 0.05) is 0 Å². The average molecular weight is 340 g/mol. The summed E-state index contributed by atoms with van der Waals surface area (Å²) in [6.07, 6.45) is 18.9. The molecular formula is C16H29NaO4S. The maximum atomic E-state index is 10.1. The van der Waals surface area contributed by atoms with E-state index in [2.05, 4.69) is 10.8 Å². The molecule has 0 fully saturated rings. The quantitative estimate of drug-likeness (QED) is 0.114. The predicted octanol–water partition coefficient (Wildman–Crippen LogP) is 1.85. The normalized spacial score (nSPS) is 11.3. The number of hydrogen-bond donors (Lipinski definition) is 0. The summed E-state index contributed by atoms with van der Waals surface area (Å²) in [7, 11) is -4.58. The van der Waals surface area contributed by atoms with Gasteiger partial charge in [-0.3, -0.25) is 0 Å². The predicted molar refractivity (Wildman–Crippen MR) is 85.5 cm³/mol. The van der Waals surface area contributed by atoms with Gasteiger partial charge < -0.3 is 8.74 Å². The van der Waals surface area contributed by atoms with Crippen LogP contribution in [0.4, 0.5) is 0 Å². The monoisotopic (exact) mass is 340 g/mol. The van der Waals surface area contributed by atoms with Gasteiger partial charge in [-0.05, 0) is 31.8 Å². The molecule has 0 rings (SSSR count). The van der Waals surface area contributed by atoms with Crippen LogP contribution in [0.1, 0.15) is 77.0 Å². The Morgan fingerprint density at radius 1 is 0.818 bits per heavy atom. The van der Waals surface area contributed by atoms with E-state index in [1.54, 1.807) is 6.08 Å². The van der Waals surface area contributed by atoms with Crippen LogP contribution in [0.15, 0.2) is 25.0 Å². The zero-order chi connectivity index (χ0) is 15.8. The molecule has 0 aromatic heterocycles. The van der Waals surface area contributed by atoms with Crippen LogP contribution in [0.25, 0.3) is 0 Å². The van der Waals surface area contributed by atoms with E-state index in [4.69, 9.17) is 0 Å². The maximum Gasteiger partial charge on any atom is 1.00 e. The molecule has 0 aliphatic heterocycles. The summed E-state index contributed by atoms with van der Waals surface area (Å²) in [5.41, 5.74) is 0. The van der Waals surface area contributed by atoms with Gasteiger partial charge in [0.1, 0.15) is 6.26 Å². The van der Waals surface area contributed by atoms with Gasteiger partial charge in [-0.25, -0.2) is 8.42 Å². The van der Waals surface area contributed by atoms with E-state index in [0.717, 1.165) is 31.9 Å². The molecule has 0 amide bonds. The summed E-state index contributed by atoms with van der Waals surface area (Å²) in [5, 5.41) is 0. The number of rotatable bonds is 15. The third-order valence-corrected chi connectivity index (χ3v) is 3.65. The first-order valence-electron chi connectivity index (χ1n) is 7.96. The second kappa shape index (κ2) is 17.5. The first-order valence-corrected chi connectivity index (χ1v) is 9.29. The molecule has 6 heteroatoms. The van der Waals surface area contributed by atoms with Crippen LogP contribution in [-0.4, -0.2) is 13.0 Å². The van der Waals surface area contributed by atoms with Crippen molar-refractivity contribution in [2.45, 2.75) is 77.0 Å². The molecule has 0 saturated heterocycles. The minimum Gasteiger partial charge on any atom is -0.716 e. The first kappa shape index (κ1) is 24.4. The van der Waals surface area contributed by atoms with Gasteiger partial charge in [-0.15, -0.1) is 6.58 Å². The standard InChI is InChI=1S/C16H30O4S.Na/c1-2-3-4-5-6-7-8-9-10-11-12-13-14-15-16-20-21(17,18)19;/h2,15-16H,1,3-14H2,(H,17,18,19);/q;+1/p-1. The van der Waals surface area contributed by atoms with Crippen molar-refractivity contribution < 1.29 is 46.7 Å². The Balaban J connectivity index is 0. The summed E-state index contributed by atoms with van der Waals surface area (Å²) < 4.78 is 34.4. The Bertz CT molecular complexity index is 366. The fraction of sp³-hybridized carbons (Fsp3) is 0.750. The largest absolute Gasteiger partial charge is 1.00 e. The first-order chi connectivity index (χ1) is 10.1. The van der Waals surface area contributed by atoms with Crippen molar-refractivity contribution in [3.63, 3.8) is 0 Å². The smallest absolute Gasteiger partial charge is 0.716 e. The molecular weight excluding hydrogens is 311 g/mol. The molecule has 22 heavy (non-hydrogen) atoms. The molecule has 0 spiro atoms. The van der Waals surface area contributed by atoms with Crippen molar-refractivity contribution in [2.24, 2.45) is 0 Å². The fourth-order valence-corrected chi connectivity index (χ4v) is 2.36. The molecule has 4 nitrogen and oxygen atoms in total. The Hall–Kier alpha value is 0.190. The summed E-state index contributed by atoms with van der Waals surface area (Å²) in [6, 6.07) is 0. The van der Waals surface area contributed by atoms with Crippen LogP contribution >= 0.6 is 0 Å². The van der Waals surface area contributed by atoms with Gasteiger partial charge in [0.15, 0.2) is 0 Å². The van der Waals surface area contributed by atoms with Crippen LogP contribution in [0, 0.1) is 0 Å². The zero-order valence-electron chi connectivity index (χ0n) is 14.0. The molecule has 0 bridgehead atoms. The van der Waals surface area contributed by atoms with E-state index in [1.165, 1.54) is 51.4 Å². The summed E-state index contributed by atoms with van der Waals surface area (Å²) >= 11 is 0. The molecule has 0 heterocycles. The van der Waals surface area contributed by atoms with Gasteiger partial charge in [0.25, 0.3) is 10.4 Å². The van der Waals surface area contributed by atoms with E-state index in [9.17, 15) is 13.0 Å². The summed E-state index contributed by atoms with van der Waals surface area (Å²) in [6.45, 7) is 3.72. The molecule has 0 aromatic carbocycles. The van der Waals surface area contributed by atoms with Crippen molar-refractivity contribution in [1.82, 2.24) is 0 Å². The van der Waals surface area contributed by atoms with Crippen molar-refractivity contribution in [3.05, 3.63) is 25.0 Å². The van der Waals surface area contributed by atoms with E-state index in [1.807, 2.05) is 6.08 Å². The number of hydrogen-bond acceptors (Lipinski definition) is 4. The maximum absolute atomic E-state index is 10.1. The van der Waals surface area contributed by atoms with Gasteiger partial charge in [-0.1, -0.05) is 57.4 Å². The van der Waals surface area contributed by atoms with Crippen molar-refractivity contribution >= 4 is 10.4 Å². The van der Waals surface area contributed by atoms with Crippen molar-refractivity contribution in [2.75, 3.05) is 0 Å². The van der Waals surface area contributed by atoms with Crippen LogP contribution in [0.5, 0.6) is 0 Å². The average Bonchev–Trinajstić information content (AvgIpc) is 2.42. The molecule has 0 aliphatic rings. The minimum absolute atomic E-state index is 0. The fourth-order valence-electron chi connectivity index (χ4n) is 2.14. The second-order valence-electron chi connectivity index (χ2n) is 5.28. The van der Waals surface area contributed by atoms with Crippen LogP contribution in [-0.2, 0) is 14.6 Å². The van der Waals surface area contributed by atoms with Crippen molar-refractivity contribution in [1.29, 1.82) is 0 Å². The summed E-state index contributed by atoms with van der Waals surface area (Å²) in [5.74, 6) is 0. The van der Waals surface area contributed by atoms with Gasteiger partial charge >= 0.3 is 29.6 Å². The Morgan fingerprint density at radius 2 is 1.23 bits per heavy atom. The molecule has 0 unspecified atom stereocenters. The molecule has 0 saturated carbocycles. The molecule has 0 radical (unpaired) electrons. The Morgan fingerprint density at radius 3 is 1.64 bits per heavy atom. The number of unbranched alkanes of at least 4 members (excludes halogenated alkanes) is 11. The van der Waals surface area contributed by atoms with Crippen LogP contribution in [0.3, 0.4) is 0 Å². The van der Waals surface area contributed by atoms with E-state index < -0.39 is 10.4 Å².